The van der Waals surface area contributed by atoms with Crippen LogP contribution in [0, 0.1) is 12.7 Å². The molecule has 0 saturated heterocycles. The van der Waals surface area contributed by atoms with Crippen LogP contribution in [0.2, 0.25) is 0 Å². The van der Waals surface area contributed by atoms with Crippen molar-refractivity contribution in [3.05, 3.63) is 53.7 Å². The van der Waals surface area contributed by atoms with E-state index >= 15 is 0 Å². The molecule has 3 rings (SSSR count). The standard InChI is InChI=1S/C19H20FN3O5S/c1-11-9-15(26-3)16(27-4)10-17(11)29(24,25)23-12(2)19-21-18(22-28-19)13-5-7-14(20)8-6-13/h5-10,12,23H,1-4H3. The molecule has 0 radical (unpaired) electrons. The van der Waals surface area contributed by atoms with Gasteiger partial charge in [-0.15, -0.1) is 0 Å². The summed E-state index contributed by atoms with van der Waals surface area (Å²) >= 11 is 0. The van der Waals surface area contributed by atoms with Crippen molar-refractivity contribution in [3.8, 4) is 22.9 Å². The van der Waals surface area contributed by atoms with Crippen LogP contribution in [0.25, 0.3) is 11.4 Å². The molecule has 10 heteroatoms. The van der Waals surface area contributed by atoms with Crippen LogP contribution in [0.4, 0.5) is 4.39 Å². The minimum absolute atomic E-state index is 0.0419. The van der Waals surface area contributed by atoms with E-state index in [0.29, 0.717) is 22.6 Å². The monoisotopic (exact) mass is 421 g/mol. The van der Waals surface area contributed by atoms with Crippen LogP contribution < -0.4 is 14.2 Å². The van der Waals surface area contributed by atoms with Gasteiger partial charge in [-0.3, -0.25) is 0 Å². The van der Waals surface area contributed by atoms with Crippen molar-refractivity contribution in [2.24, 2.45) is 0 Å². The molecule has 0 aliphatic rings. The first-order valence-corrected chi connectivity index (χ1v) is 10.1. The first-order chi connectivity index (χ1) is 13.7. The lowest BCUT2D eigenvalue weighted by molar-refractivity contribution is 0.352. The number of hydrogen-bond donors (Lipinski definition) is 1. The largest absolute Gasteiger partial charge is 0.493 e. The van der Waals surface area contributed by atoms with Gasteiger partial charge in [0.05, 0.1) is 25.2 Å². The molecule has 0 fully saturated rings. The van der Waals surface area contributed by atoms with Gasteiger partial charge < -0.3 is 14.0 Å². The Morgan fingerprint density at radius 3 is 2.34 bits per heavy atom. The average Bonchev–Trinajstić information content (AvgIpc) is 3.18. The molecule has 2 aromatic carbocycles. The van der Waals surface area contributed by atoms with E-state index in [1.807, 2.05) is 0 Å². The Balaban J connectivity index is 1.85. The van der Waals surface area contributed by atoms with Crippen molar-refractivity contribution in [1.29, 1.82) is 0 Å². The van der Waals surface area contributed by atoms with E-state index in [-0.39, 0.29) is 22.4 Å². The van der Waals surface area contributed by atoms with E-state index in [4.69, 9.17) is 14.0 Å². The molecule has 0 spiro atoms. The second-order valence-electron chi connectivity index (χ2n) is 6.28. The highest BCUT2D eigenvalue weighted by Crippen LogP contribution is 2.33. The predicted octanol–water partition coefficient (Wildman–Crippen LogP) is 3.24. The lowest BCUT2D eigenvalue weighted by Crippen LogP contribution is -2.27. The second kappa shape index (κ2) is 8.18. The zero-order valence-corrected chi connectivity index (χ0v) is 17.1. The third-order valence-electron chi connectivity index (χ3n) is 4.22. The number of nitrogens with one attached hydrogen (secondary N) is 1. The highest BCUT2D eigenvalue weighted by molar-refractivity contribution is 7.89. The predicted molar refractivity (Wildman–Crippen MR) is 103 cm³/mol. The van der Waals surface area contributed by atoms with Crippen molar-refractivity contribution >= 4 is 10.0 Å². The quantitative estimate of drug-likeness (QED) is 0.625. The number of rotatable bonds is 7. The van der Waals surface area contributed by atoms with Gasteiger partial charge in [0.2, 0.25) is 21.7 Å². The summed E-state index contributed by atoms with van der Waals surface area (Å²) in [4.78, 5) is 4.24. The number of ether oxygens (including phenoxy) is 2. The zero-order valence-electron chi connectivity index (χ0n) is 16.3. The van der Waals surface area contributed by atoms with Crippen LogP contribution in [0.5, 0.6) is 11.5 Å². The molecule has 8 nitrogen and oxygen atoms in total. The van der Waals surface area contributed by atoms with Crippen molar-refractivity contribution in [2.45, 2.75) is 24.8 Å². The number of aryl methyl sites for hydroxylation is 1. The fourth-order valence-corrected chi connectivity index (χ4v) is 4.16. The van der Waals surface area contributed by atoms with Crippen LogP contribution in [0.15, 0.2) is 45.8 Å². The van der Waals surface area contributed by atoms with E-state index in [1.54, 1.807) is 19.9 Å². The third kappa shape index (κ3) is 4.38. The lowest BCUT2D eigenvalue weighted by atomic mass is 10.2. The van der Waals surface area contributed by atoms with Crippen LogP contribution in [0.3, 0.4) is 0 Å². The van der Waals surface area contributed by atoms with Crippen LogP contribution >= 0.6 is 0 Å². The van der Waals surface area contributed by atoms with E-state index < -0.39 is 16.1 Å². The fraction of sp³-hybridized carbons (Fsp3) is 0.263. The second-order valence-corrected chi connectivity index (χ2v) is 7.96. The summed E-state index contributed by atoms with van der Waals surface area (Å²) in [6.07, 6.45) is 0. The molecule has 0 aliphatic carbocycles. The Kier molecular flexibility index (Phi) is 5.85. The SMILES string of the molecule is COc1cc(C)c(S(=O)(=O)NC(C)c2nc(-c3ccc(F)cc3)no2)cc1OC. The molecule has 1 aromatic heterocycles. The molecule has 1 N–H and O–H groups in total. The topological polar surface area (TPSA) is 104 Å². The minimum atomic E-state index is -3.92. The van der Waals surface area contributed by atoms with Gasteiger partial charge in [-0.2, -0.15) is 9.71 Å². The number of nitrogens with zero attached hydrogens (tertiary/aromatic N) is 2. The molecule has 0 aliphatic heterocycles. The molecule has 1 heterocycles. The number of benzene rings is 2. The Morgan fingerprint density at radius 2 is 1.72 bits per heavy atom. The lowest BCUT2D eigenvalue weighted by Gasteiger charge is -2.15. The molecule has 0 amide bonds. The van der Waals surface area contributed by atoms with Gasteiger partial charge in [0.25, 0.3) is 0 Å². The summed E-state index contributed by atoms with van der Waals surface area (Å²) in [6.45, 7) is 3.23. The molecule has 0 bridgehead atoms. The summed E-state index contributed by atoms with van der Waals surface area (Å²) in [5.74, 6) is 0.642. The van der Waals surface area contributed by atoms with E-state index in [2.05, 4.69) is 14.9 Å². The summed E-state index contributed by atoms with van der Waals surface area (Å²) in [7, 11) is -1.02. The van der Waals surface area contributed by atoms with Gasteiger partial charge in [0.1, 0.15) is 5.82 Å². The summed E-state index contributed by atoms with van der Waals surface area (Å²) in [6, 6.07) is 7.74. The van der Waals surface area contributed by atoms with Crippen LogP contribution in [-0.4, -0.2) is 32.8 Å². The number of sulfonamides is 1. The molecule has 1 atom stereocenters. The van der Waals surface area contributed by atoms with Crippen molar-refractivity contribution in [1.82, 2.24) is 14.9 Å². The van der Waals surface area contributed by atoms with Crippen LogP contribution in [0.1, 0.15) is 24.4 Å². The number of methoxy groups -OCH3 is 2. The normalized spacial score (nSPS) is 12.6. The molecule has 29 heavy (non-hydrogen) atoms. The maximum Gasteiger partial charge on any atom is 0.244 e. The third-order valence-corrected chi connectivity index (χ3v) is 5.90. The van der Waals surface area contributed by atoms with Gasteiger partial charge in [0, 0.05) is 11.6 Å². The maximum atomic E-state index is 13.1. The zero-order chi connectivity index (χ0) is 21.2. The van der Waals surface area contributed by atoms with Gasteiger partial charge in [-0.1, -0.05) is 5.16 Å². The van der Waals surface area contributed by atoms with E-state index in [9.17, 15) is 12.8 Å². The summed E-state index contributed by atoms with van der Waals surface area (Å²) < 4.78 is 56.9. The van der Waals surface area contributed by atoms with Gasteiger partial charge in [0.15, 0.2) is 11.5 Å². The molecule has 3 aromatic rings. The average molecular weight is 421 g/mol. The molecule has 0 saturated carbocycles. The summed E-state index contributed by atoms with van der Waals surface area (Å²) in [5.41, 5.74) is 1.03. The van der Waals surface area contributed by atoms with Crippen LogP contribution in [-0.2, 0) is 10.0 Å². The van der Waals surface area contributed by atoms with Crippen molar-refractivity contribution < 1.29 is 26.8 Å². The van der Waals surface area contributed by atoms with Gasteiger partial charge >= 0.3 is 0 Å². The first kappa shape index (κ1) is 20.7. The smallest absolute Gasteiger partial charge is 0.244 e. The molecular weight excluding hydrogens is 401 g/mol. The first-order valence-electron chi connectivity index (χ1n) is 8.59. The Bertz CT molecular complexity index is 1110. The Morgan fingerprint density at radius 1 is 1.10 bits per heavy atom. The van der Waals surface area contributed by atoms with Crippen molar-refractivity contribution in [3.63, 3.8) is 0 Å². The summed E-state index contributed by atoms with van der Waals surface area (Å²) in [5, 5.41) is 3.83. The molecule has 1 unspecified atom stereocenters. The van der Waals surface area contributed by atoms with Crippen molar-refractivity contribution in [2.75, 3.05) is 14.2 Å². The minimum Gasteiger partial charge on any atom is -0.493 e. The maximum absolute atomic E-state index is 13.1. The Labute approximate surface area is 167 Å². The number of halogens is 1. The van der Waals surface area contributed by atoms with E-state index in [1.165, 1.54) is 44.6 Å². The number of hydrogen-bond acceptors (Lipinski definition) is 7. The van der Waals surface area contributed by atoms with Gasteiger partial charge in [-0.05, 0) is 49.7 Å². The fourth-order valence-electron chi connectivity index (χ4n) is 2.73. The molecule has 154 valence electrons. The van der Waals surface area contributed by atoms with Gasteiger partial charge in [-0.25, -0.2) is 12.8 Å². The highest BCUT2D eigenvalue weighted by Gasteiger charge is 2.25. The highest BCUT2D eigenvalue weighted by atomic mass is 32.2. The number of aromatic nitrogens is 2. The van der Waals surface area contributed by atoms with E-state index in [0.717, 1.165) is 0 Å². The Hall–Kier alpha value is -2.98. The molecular formula is C19H20FN3O5S.